The van der Waals surface area contributed by atoms with E-state index in [1.165, 1.54) is 13.8 Å². The first-order valence-electron chi connectivity index (χ1n) is 9.03. The van der Waals surface area contributed by atoms with Gasteiger partial charge in [0.2, 0.25) is 0 Å². The molecule has 0 fully saturated rings. The summed E-state index contributed by atoms with van der Waals surface area (Å²) in [5, 5.41) is 5.13. The van der Waals surface area contributed by atoms with E-state index < -0.39 is 11.6 Å². The lowest BCUT2D eigenvalue weighted by Gasteiger charge is -2.31. The largest absolute Gasteiger partial charge is 0.399 e. The van der Waals surface area contributed by atoms with Gasteiger partial charge in [-0.2, -0.15) is 18.3 Å². The molecule has 2 heterocycles. The zero-order valence-electron chi connectivity index (χ0n) is 16.2. The number of hydrogen-bond acceptors (Lipinski definition) is 2. The fourth-order valence-electron chi connectivity index (χ4n) is 3.50. The van der Waals surface area contributed by atoms with Crippen molar-refractivity contribution in [2.75, 3.05) is 0 Å². The molecule has 27 heavy (non-hydrogen) atoms. The number of rotatable bonds is 4. The Morgan fingerprint density at radius 2 is 1.78 bits per heavy atom. The molecule has 0 saturated carbocycles. The first-order valence-corrected chi connectivity index (χ1v) is 9.03. The van der Waals surface area contributed by atoms with Crippen molar-refractivity contribution in [2.24, 2.45) is 7.05 Å². The highest BCUT2D eigenvalue weighted by atomic mass is 19.4. The summed E-state index contributed by atoms with van der Waals surface area (Å²) in [7, 11) is 1.84. The molecular weight excluding hydrogens is 351 g/mol. The molecule has 0 aliphatic rings. The van der Waals surface area contributed by atoms with E-state index in [0.29, 0.717) is 17.5 Å². The number of pyridine rings is 1. The van der Waals surface area contributed by atoms with Gasteiger partial charge in [-0.15, -0.1) is 0 Å². The van der Waals surface area contributed by atoms with Crippen LogP contribution in [-0.2, 0) is 12.5 Å². The maximum Gasteiger partial charge on any atom is 0.399 e. The predicted octanol–water partition coefficient (Wildman–Crippen LogP) is 5.66. The molecule has 0 amide bonds. The number of benzene rings is 1. The van der Waals surface area contributed by atoms with Gasteiger partial charge in [-0.25, -0.2) is 0 Å². The Kier molecular flexibility index (Phi) is 4.78. The van der Waals surface area contributed by atoms with Crippen molar-refractivity contribution < 1.29 is 13.2 Å². The Morgan fingerprint density at radius 1 is 1.11 bits per heavy atom. The lowest BCUT2D eigenvalue weighted by Crippen LogP contribution is -2.38. The second-order valence-electron chi connectivity index (χ2n) is 7.51. The normalized spacial score (nSPS) is 13.9. The fourth-order valence-corrected chi connectivity index (χ4v) is 3.50. The van der Waals surface area contributed by atoms with E-state index in [-0.39, 0.29) is 11.6 Å². The van der Waals surface area contributed by atoms with Gasteiger partial charge in [-0.1, -0.05) is 25.1 Å². The summed E-state index contributed by atoms with van der Waals surface area (Å²) in [6.07, 6.45) is -1.99. The number of fused-ring (bicyclic) bond motifs is 1. The monoisotopic (exact) mass is 375 g/mol. The summed E-state index contributed by atoms with van der Waals surface area (Å²) in [5.74, 6) is -0.201. The van der Waals surface area contributed by atoms with Crippen LogP contribution in [0.2, 0.25) is 0 Å². The van der Waals surface area contributed by atoms with Crippen LogP contribution < -0.4 is 0 Å². The minimum absolute atomic E-state index is 0.0869. The molecule has 2 aromatic heterocycles. The van der Waals surface area contributed by atoms with E-state index in [0.717, 1.165) is 16.6 Å². The number of hydrogen-bond donors (Lipinski definition) is 0. The molecule has 0 spiro atoms. The number of alkyl halides is 3. The highest BCUT2D eigenvalue weighted by Crippen LogP contribution is 2.45. The van der Waals surface area contributed by atoms with Gasteiger partial charge >= 0.3 is 6.18 Å². The standard InChI is InChI=1S/C21H24F3N3/c1-6-15(17-12-25-27(5)13(17)2)16-11-14-9-7-8-10-18(14)26-19(16)20(3,4)21(22,23)24/h7-12,15H,6H2,1-5H3. The summed E-state index contributed by atoms with van der Waals surface area (Å²) >= 11 is 0. The molecule has 0 aliphatic heterocycles. The molecule has 0 radical (unpaired) electrons. The van der Waals surface area contributed by atoms with Crippen molar-refractivity contribution in [3.63, 3.8) is 0 Å². The van der Waals surface area contributed by atoms with Crippen LogP contribution in [0, 0.1) is 6.92 Å². The molecular formula is C21H24F3N3. The van der Waals surface area contributed by atoms with E-state index in [1.807, 2.05) is 39.1 Å². The molecule has 1 unspecified atom stereocenters. The number of para-hydroxylation sites is 1. The maximum absolute atomic E-state index is 13.9. The topological polar surface area (TPSA) is 30.7 Å². The van der Waals surface area contributed by atoms with Gasteiger partial charge in [-0.05, 0) is 44.9 Å². The van der Waals surface area contributed by atoms with E-state index in [2.05, 4.69) is 10.1 Å². The zero-order valence-corrected chi connectivity index (χ0v) is 16.2. The average molecular weight is 375 g/mol. The summed E-state index contributed by atoms with van der Waals surface area (Å²) in [6.45, 7) is 6.33. The Balaban J connectivity index is 2.32. The van der Waals surface area contributed by atoms with Crippen LogP contribution in [0.1, 0.15) is 55.6 Å². The minimum Gasteiger partial charge on any atom is -0.273 e. The number of nitrogens with zero attached hydrogens (tertiary/aromatic N) is 3. The van der Waals surface area contributed by atoms with Gasteiger partial charge in [-0.3, -0.25) is 9.67 Å². The van der Waals surface area contributed by atoms with Crippen LogP contribution in [0.3, 0.4) is 0 Å². The second-order valence-corrected chi connectivity index (χ2v) is 7.51. The zero-order chi connectivity index (χ0) is 20.0. The predicted molar refractivity (Wildman–Crippen MR) is 101 cm³/mol. The van der Waals surface area contributed by atoms with Crippen LogP contribution in [0.4, 0.5) is 13.2 Å². The van der Waals surface area contributed by atoms with Crippen molar-refractivity contribution in [2.45, 2.75) is 51.6 Å². The molecule has 0 N–H and O–H groups in total. The molecule has 0 bridgehead atoms. The lowest BCUT2D eigenvalue weighted by molar-refractivity contribution is -0.181. The van der Waals surface area contributed by atoms with E-state index in [1.54, 1.807) is 23.0 Å². The Labute approximate surface area is 157 Å². The molecule has 1 aromatic carbocycles. The van der Waals surface area contributed by atoms with Crippen LogP contribution >= 0.6 is 0 Å². The fraction of sp³-hybridized carbons (Fsp3) is 0.429. The van der Waals surface area contributed by atoms with Crippen molar-refractivity contribution in [1.29, 1.82) is 0 Å². The first kappa shape index (κ1) is 19.4. The molecule has 3 rings (SSSR count). The molecule has 3 aromatic rings. The van der Waals surface area contributed by atoms with E-state index in [4.69, 9.17) is 0 Å². The van der Waals surface area contributed by atoms with E-state index in [9.17, 15) is 13.2 Å². The smallest absolute Gasteiger partial charge is 0.273 e. The van der Waals surface area contributed by atoms with Crippen LogP contribution in [0.5, 0.6) is 0 Å². The van der Waals surface area contributed by atoms with Crippen LogP contribution in [0.25, 0.3) is 10.9 Å². The summed E-state index contributed by atoms with van der Waals surface area (Å²) in [4.78, 5) is 4.50. The third-order valence-corrected chi connectivity index (χ3v) is 5.49. The molecule has 0 saturated heterocycles. The number of halogens is 3. The molecule has 3 nitrogen and oxygen atoms in total. The van der Waals surface area contributed by atoms with Gasteiger partial charge in [0.1, 0.15) is 5.41 Å². The quantitative estimate of drug-likeness (QED) is 0.589. The van der Waals surface area contributed by atoms with Gasteiger partial charge in [0.15, 0.2) is 0 Å². The highest BCUT2D eigenvalue weighted by Gasteiger charge is 2.51. The van der Waals surface area contributed by atoms with Crippen LogP contribution in [-0.4, -0.2) is 20.9 Å². The summed E-state index contributed by atoms with van der Waals surface area (Å²) in [5.41, 5.74) is 1.11. The molecule has 6 heteroatoms. The van der Waals surface area contributed by atoms with Gasteiger partial charge in [0.05, 0.1) is 17.4 Å². The van der Waals surface area contributed by atoms with Crippen molar-refractivity contribution in [3.8, 4) is 0 Å². The molecule has 144 valence electrons. The van der Waals surface area contributed by atoms with Gasteiger partial charge < -0.3 is 0 Å². The Morgan fingerprint density at radius 3 is 2.33 bits per heavy atom. The van der Waals surface area contributed by atoms with Gasteiger partial charge in [0, 0.05) is 29.6 Å². The Hall–Kier alpha value is -2.37. The van der Waals surface area contributed by atoms with Crippen molar-refractivity contribution in [1.82, 2.24) is 14.8 Å². The van der Waals surface area contributed by atoms with Crippen LogP contribution in [0.15, 0.2) is 36.5 Å². The Bertz CT molecular complexity index is 970. The highest BCUT2D eigenvalue weighted by molar-refractivity contribution is 5.80. The third-order valence-electron chi connectivity index (χ3n) is 5.49. The number of aryl methyl sites for hydroxylation is 1. The number of aromatic nitrogens is 3. The lowest BCUT2D eigenvalue weighted by atomic mass is 9.78. The van der Waals surface area contributed by atoms with Crippen molar-refractivity contribution in [3.05, 3.63) is 59.0 Å². The average Bonchev–Trinajstić information content (AvgIpc) is 2.93. The first-order chi connectivity index (χ1) is 12.6. The minimum atomic E-state index is -4.40. The molecule has 0 aliphatic carbocycles. The maximum atomic E-state index is 13.9. The van der Waals surface area contributed by atoms with E-state index >= 15 is 0 Å². The second kappa shape index (κ2) is 6.66. The molecule has 1 atom stereocenters. The van der Waals surface area contributed by atoms with Gasteiger partial charge in [0.25, 0.3) is 0 Å². The SMILES string of the molecule is CCC(c1cc2ccccc2nc1C(C)(C)C(F)(F)F)c1cnn(C)c1C. The third kappa shape index (κ3) is 3.22. The summed E-state index contributed by atoms with van der Waals surface area (Å²) < 4.78 is 43.4. The van der Waals surface area contributed by atoms with Crippen molar-refractivity contribution >= 4 is 10.9 Å². The summed E-state index contributed by atoms with van der Waals surface area (Å²) in [6, 6.07) is 9.18.